The number of aryl methyl sites for hydroxylation is 1. The first kappa shape index (κ1) is 16.0. The maximum Gasteiger partial charge on any atom is 0.0706 e. The molecule has 0 bridgehead atoms. The van der Waals surface area contributed by atoms with Gasteiger partial charge in [-0.3, -0.25) is 4.68 Å². The fraction of sp³-hybridized carbons (Fsp3) is 0.833. The summed E-state index contributed by atoms with van der Waals surface area (Å²) in [5, 5.41) is 5.08. The van der Waals surface area contributed by atoms with Crippen LogP contribution in [-0.4, -0.2) is 35.3 Å². The molecular weight excluding hydrogens is 272 g/mol. The standard InChI is InChI=1S/C18H32N4/c1-21(2)12-7-13-22-16-11-6-10-15(19)17(16)18(20-22)14-8-4-3-5-9-14/h14-15H,3-13,19H2,1-2H3. The zero-order valence-corrected chi connectivity index (χ0v) is 14.4. The summed E-state index contributed by atoms with van der Waals surface area (Å²) in [6.45, 7) is 2.17. The molecule has 2 aliphatic carbocycles. The van der Waals surface area contributed by atoms with E-state index in [4.69, 9.17) is 10.8 Å². The van der Waals surface area contributed by atoms with Crippen LogP contribution in [0.1, 0.15) is 80.3 Å². The van der Waals surface area contributed by atoms with Crippen LogP contribution < -0.4 is 5.73 Å². The molecule has 0 spiro atoms. The summed E-state index contributed by atoms with van der Waals surface area (Å²) in [5.41, 5.74) is 10.7. The molecule has 1 atom stereocenters. The van der Waals surface area contributed by atoms with Crippen LogP contribution in [0.3, 0.4) is 0 Å². The molecule has 4 heteroatoms. The minimum absolute atomic E-state index is 0.225. The molecule has 4 nitrogen and oxygen atoms in total. The number of hydrogen-bond acceptors (Lipinski definition) is 3. The normalized spacial score (nSPS) is 23.0. The molecule has 22 heavy (non-hydrogen) atoms. The van der Waals surface area contributed by atoms with Gasteiger partial charge in [-0.25, -0.2) is 0 Å². The fourth-order valence-corrected chi connectivity index (χ4v) is 4.23. The van der Waals surface area contributed by atoms with Crippen molar-refractivity contribution in [2.75, 3.05) is 20.6 Å². The molecule has 1 fully saturated rings. The molecule has 2 N–H and O–H groups in total. The van der Waals surface area contributed by atoms with Crippen LogP contribution in [0.2, 0.25) is 0 Å². The number of aromatic nitrogens is 2. The molecule has 1 unspecified atom stereocenters. The average molecular weight is 304 g/mol. The van der Waals surface area contributed by atoms with Crippen LogP contribution in [0, 0.1) is 0 Å². The largest absolute Gasteiger partial charge is 0.324 e. The second kappa shape index (κ2) is 7.14. The van der Waals surface area contributed by atoms with E-state index < -0.39 is 0 Å². The van der Waals surface area contributed by atoms with Gasteiger partial charge in [-0.15, -0.1) is 0 Å². The highest BCUT2D eigenvalue weighted by Crippen LogP contribution is 2.39. The third-order valence-electron chi connectivity index (χ3n) is 5.39. The molecule has 1 saturated carbocycles. The van der Waals surface area contributed by atoms with Crippen LogP contribution in [0.4, 0.5) is 0 Å². The molecule has 0 radical (unpaired) electrons. The van der Waals surface area contributed by atoms with Crippen molar-refractivity contribution in [2.45, 2.75) is 76.3 Å². The molecule has 1 aromatic heterocycles. The van der Waals surface area contributed by atoms with E-state index >= 15 is 0 Å². The molecule has 0 amide bonds. The lowest BCUT2D eigenvalue weighted by Crippen LogP contribution is -2.21. The number of hydrogen-bond donors (Lipinski definition) is 1. The van der Waals surface area contributed by atoms with E-state index in [1.165, 1.54) is 68.3 Å². The van der Waals surface area contributed by atoms with Crippen molar-refractivity contribution < 1.29 is 0 Å². The van der Waals surface area contributed by atoms with Gasteiger partial charge in [-0.05, 0) is 59.2 Å². The zero-order chi connectivity index (χ0) is 15.5. The van der Waals surface area contributed by atoms with Crippen molar-refractivity contribution in [2.24, 2.45) is 5.73 Å². The van der Waals surface area contributed by atoms with Crippen LogP contribution in [-0.2, 0) is 13.0 Å². The van der Waals surface area contributed by atoms with Crippen molar-refractivity contribution in [1.29, 1.82) is 0 Å². The van der Waals surface area contributed by atoms with Gasteiger partial charge >= 0.3 is 0 Å². The van der Waals surface area contributed by atoms with Gasteiger partial charge in [0.2, 0.25) is 0 Å². The third-order valence-corrected chi connectivity index (χ3v) is 5.39. The number of nitrogens with two attached hydrogens (primary N) is 1. The molecule has 1 heterocycles. The summed E-state index contributed by atoms with van der Waals surface area (Å²) in [6.07, 6.45) is 11.4. The second-order valence-corrected chi connectivity index (χ2v) is 7.46. The fourth-order valence-electron chi connectivity index (χ4n) is 4.23. The lowest BCUT2D eigenvalue weighted by Gasteiger charge is -2.25. The Bertz CT molecular complexity index is 486. The molecule has 2 aliphatic rings. The number of rotatable bonds is 5. The lowest BCUT2D eigenvalue weighted by molar-refractivity contribution is 0.375. The smallest absolute Gasteiger partial charge is 0.0706 e. The highest BCUT2D eigenvalue weighted by Gasteiger charge is 2.30. The molecule has 124 valence electrons. The second-order valence-electron chi connectivity index (χ2n) is 7.46. The Hall–Kier alpha value is -0.870. The number of nitrogens with zero attached hydrogens (tertiary/aromatic N) is 3. The van der Waals surface area contributed by atoms with E-state index in [-0.39, 0.29) is 6.04 Å². The Kier molecular flexibility index (Phi) is 5.19. The molecule has 0 saturated heterocycles. The van der Waals surface area contributed by atoms with E-state index in [0.717, 1.165) is 19.5 Å². The Balaban J connectivity index is 1.83. The van der Waals surface area contributed by atoms with Crippen molar-refractivity contribution >= 4 is 0 Å². The van der Waals surface area contributed by atoms with Crippen LogP contribution in [0.5, 0.6) is 0 Å². The van der Waals surface area contributed by atoms with E-state index in [1.807, 2.05) is 0 Å². The molecule has 0 aliphatic heterocycles. The summed E-state index contributed by atoms with van der Waals surface area (Å²) < 4.78 is 2.31. The van der Waals surface area contributed by atoms with Crippen molar-refractivity contribution in [1.82, 2.24) is 14.7 Å². The SMILES string of the molecule is CN(C)CCCn1nc(C2CCCCC2)c2c1CCCC2N. The van der Waals surface area contributed by atoms with Gasteiger partial charge in [0.1, 0.15) is 0 Å². The summed E-state index contributed by atoms with van der Waals surface area (Å²) in [5.74, 6) is 0.668. The topological polar surface area (TPSA) is 47.1 Å². The van der Waals surface area contributed by atoms with Gasteiger partial charge < -0.3 is 10.6 Å². The highest BCUT2D eigenvalue weighted by molar-refractivity contribution is 5.34. The highest BCUT2D eigenvalue weighted by atomic mass is 15.3. The average Bonchev–Trinajstić information content (AvgIpc) is 2.88. The van der Waals surface area contributed by atoms with Crippen molar-refractivity contribution in [3.8, 4) is 0 Å². The van der Waals surface area contributed by atoms with Gasteiger partial charge in [-0.2, -0.15) is 5.10 Å². The Morgan fingerprint density at radius 3 is 2.64 bits per heavy atom. The van der Waals surface area contributed by atoms with Gasteiger partial charge in [-0.1, -0.05) is 19.3 Å². The van der Waals surface area contributed by atoms with E-state index in [0.29, 0.717) is 5.92 Å². The van der Waals surface area contributed by atoms with Crippen LogP contribution in [0.15, 0.2) is 0 Å². The third kappa shape index (κ3) is 3.38. The van der Waals surface area contributed by atoms with Gasteiger partial charge in [0, 0.05) is 29.8 Å². The molecule has 0 aromatic carbocycles. The Morgan fingerprint density at radius 1 is 1.14 bits per heavy atom. The zero-order valence-electron chi connectivity index (χ0n) is 14.4. The van der Waals surface area contributed by atoms with E-state index in [2.05, 4.69) is 23.7 Å². The summed E-state index contributed by atoms with van der Waals surface area (Å²) >= 11 is 0. The van der Waals surface area contributed by atoms with Gasteiger partial charge in [0.05, 0.1) is 5.69 Å². The number of fused-ring (bicyclic) bond motifs is 1. The van der Waals surface area contributed by atoms with E-state index in [1.54, 1.807) is 0 Å². The molecular formula is C18H32N4. The minimum atomic E-state index is 0.225. The monoisotopic (exact) mass is 304 g/mol. The van der Waals surface area contributed by atoms with E-state index in [9.17, 15) is 0 Å². The predicted octanol–water partition coefficient (Wildman–Crippen LogP) is 3.22. The first-order valence-electron chi connectivity index (χ1n) is 9.16. The first-order valence-corrected chi connectivity index (χ1v) is 9.16. The summed E-state index contributed by atoms with van der Waals surface area (Å²) in [7, 11) is 4.28. The Morgan fingerprint density at radius 2 is 1.91 bits per heavy atom. The summed E-state index contributed by atoms with van der Waals surface area (Å²) in [6, 6.07) is 0.225. The van der Waals surface area contributed by atoms with Crippen molar-refractivity contribution in [3.63, 3.8) is 0 Å². The van der Waals surface area contributed by atoms with Crippen LogP contribution >= 0.6 is 0 Å². The van der Waals surface area contributed by atoms with Gasteiger partial charge in [0.15, 0.2) is 0 Å². The first-order chi connectivity index (χ1) is 10.7. The van der Waals surface area contributed by atoms with Gasteiger partial charge in [0.25, 0.3) is 0 Å². The maximum absolute atomic E-state index is 6.48. The quantitative estimate of drug-likeness (QED) is 0.908. The molecule has 3 rings (SSSR count). The van der Waals surface area contributed by atoms with Crippen molar-refractivity contribution in [3.05, 3.63) is 17.0 Å². The summed E-state index contributed by atoms with van der Waals surface area (Å²) in [4.78, 5) is 2.25. The predicted molar refractivity (Wildman–Crippen MR) is 91.1 cm³/mol. The van der Waals surface area contributed by atoms with Crippen LogP contribution in [0.25, 0.3) is 0 Å². The molecule has 1 aromatic rings. The Labute approximate surface area is 135 Å². The minimum Gasteiger partial charge on any atom is -0.324 e. The maximum atomic E-state index is 6.48. The lowest BCUT2D eigenvalue weighted by atomic mass is 9.81.